The van der Waals surface area contributed by atoms with Crippen molar-refractivity contribution < 1.29 is 18.7 Å². The summed E-state index contributed by atoms with van der Waals surface area (Å²) in [6.07, 6.45) is -0.103. The van der Waals surface area contributed by atoms with E-state index in [9.17, 15) is 14.0 Å². The molecule has 0 radical (unpaired) electrons. The van der Waals surface area contributed by atoms with Crippen molar-refractivity contribution in [2.24, 2.45) is 0 Å². The van der Waals surface area contributed by atoms with E-state index in [1.165, 1.54) is 13.2 Å². The van der Waals surface area contributed by atoms with E-state index in [1.54, 1.807) is 54.6 Å². The summed E-state index contributed by atoms with van der Waals surface area (Å²) in [4.78, 5) is 23.6. The second-order valence-electron chi connectivity index (χ2n) is 5.82. The SMILES string of the molecule is COC(=O)c1cccc(Nc2ccc(NC(=O)Cc3ccccc3F)nn2)c1. The predicted molar refractivity (Wildman–Crippen MR) is 102 cm³/mol. The number of benzene rings is 2. The van der Waals surface area contributed by atoms with Gasteiger partial charge in [-0.25, -0.2) is 9.18 Å². The highest BCUT2D eigenvalue weighted by Gasteiger charge is 2.10. The van der Waals surface area contributed by atoms with Crippen LogP contribution in [0.15, 0.2) is 60.7 Å². The summed E-state index contributed by atoms with van der Waals surface area (Å²) in [7, 11) is 1.31. The molecule has 1 heterocycles. The number of ether oxygens (including phenoxy) is 1. The second-order valence-corrected chi connectivity index (χ2v) is 5.82. The van der Waals surface area contributed by atoms with Crippen molar-refractivity contribution in [2.75, 3.05) is 17.7 Å². The molecular formula is C20H17FN4O3. The first-order valence-electron chi connectivity index (χ1n) is 8.37. The van der Waals surface area contributed by atoms with Gasteiger partial charge in [-0.3, -0.25) is 4.79 Å². The molecule has 0 atom stereocenters. The first kappa shape index (κ1) is 19.0. The van der Waals surface area contributed by atoms with Crippen molar-refractivity contribution in [3.63, 3.8) is 0 Å². The van der Waals surface area contributed by atoms with Crippen LogP contribution in [0, 0.1) is 5.82 Å². The Kier molecular flexibility index (Phi) is 5.91. The molecule has 28 heavy (non-hydrogen) atoms. The highest BCUT2D eigenvalue weighted by atomic mass is 19.1. The van der Waals surface area contributed by atoms with Crippen molar-refractivity contribution in [1.82, 2.24) is 10.2 Å². The lowest BCUT2D eigenvalue weighted by molar-refractivity contribution is -0.115. The van der Waals surface area contributed by atoms with E-state index in [-0.39, 0.29) is 12.2 Å². The minimum absolute atomic E-state index is 0.103. The lowest BCUT2D eigenvalue weighted by Gasteiger charge is -2.08. The highest BCUT2D eigenvalue weighted by Crippen LogP contribution is 2.17. The van der Waals surface area contributed by atoms with Gasteiger partial charge in [-0.15, -0.1) is 10.2 Å². The number of nitrogens with one attached hydrogen (secondary N) is 2. The zero-order chi connectivity index (χ0) is 19.9. The number of halogens is 1. The number of methoxy groups -OCH3 is 1. The van der Waals surface area contributed by atoms with E-state index in [4.69, 9.17) is 0 Å². The molecule has 3 rings (SSSR count). The summed E-state index contributed by atoms with van der Waals surface area (Å²) in [6.45, 7) is 0. The Labute approximate surface area is 160 Å². The van der Waals surface area contributed by atoms with Gasteiger partial charge in [0.1, 0.15) is 5.82 Å². The normalized spacial score (nSPS) is 10.2. The van der Waals surface area contributed by atoms with Gasteiger partial charge in [-0.1, -0.05) is 24.3 Å². The van der Waals surface area contributed by atoms with E-state index in [0.29, 0.717) is 22.6 Å². The Balaban J connectivity index is 1.61. The zero-order valence-electron chi connectivity index (χ0n) is 15.0. The summed E-state index contributed by atoms with van der Waals surface area (Å²) in [6, 6.07) is 16.0. The van der Waals surface area contributed by atoms with Crippen LogP contribution in [-0.2, 0) is 16.0 Å². The third-order valence-corrected chi connectivity index (χ3v) is 3.80. The third-order valence-electron chi connectivity index (χ3n) is 3.80. The minimum atomic E-state index is -0.442. The summed E-state index contributed by atoms with van der Waals surface area (Å²) >= 11 is 0. The number of rotatable bonds is 6. The molecule has 142 valence electrons. The molecule has 2 aromatic carbocycles. The van der Waals surface area contributed by atoms with Gasteiger partial charge in [0.2, 0.25) is 5.91 Å². The quantitative estimate of drug-likeness (QED) is 0.637. The molecule has 7 nitrogen and oxygen atoms in total. The number of carbonyl (C=O) groups is 2. The number of hydrogen-bond acceptors (Lipinski definition) is 6. The van der Waals surface area contributed by atoms with Gasteiger partial charge in [-0.05, 0) is 42.0 Å². The van der Waals surface area contributed by atoms with Crippen LogP contribution in [-0.4, -0.2) is 29.2 Å². The van der Waals surface area contributed by atoms with Crippen LogP contribution in [0.5, 0.6) is 0 Å². The van der Waals surface area contributed by atoms with E-state index in [2.05, 4.69) is 25.6 Å². The van der Waals surface area contributed by atoms with Crippen LogP contribution in [0.1, 0.15) is 15.9 Å². The van der Waals surface area contributed by atoms with E-state index >= 15 is 0 Å². The second kappa shape index (κ2) is 8.72. The highest BCUT2D eigenvalue weighted by molar-refractivity contribution is 5.91. The van der Waals surface area contributed by atoms with Crippen LogP contribution in [0.4, 0.5) is 21.7 Å². The summed E-state index contributed by atoms with van der Waals surface area (Å²) in [5, 5.41) is 13.5. The van der Waals surface area contributed by atoms with Crippen molar-refractivity contribution in [1.29, 1.82) is 0 Å². The third kappa shape index (κ3) is 4.88. The lowest BCUT2D eigenvalue weighted by atomic mass is 10.1. The molecule has 0 aliphatic rings. The zero-order valence-corrected chi connectivity index (χ0v) is 15.0. The monoisotopic (exact) mass is 380 g/mol. The fraction of sp³-hybridized carbons (Fsp3) is 0.100. The van der Waals surface area contributed by atoms with Crippen LogP contribution >= 0.6 is 0 Å². The van der Waals surface area contributed by atoms with Crippen molar-refractivity contribution in [3.8, 4) is 0 Å². The molecule has 0 saturated carbocycles. The van der Waals surface area contributed by atoms with Gasteiger partial charge in [0, 0.05) is 5.69 Å². The van der Waals surface area contributed by atoms with E-state index < -0.39 is 17.7 Å². The molecule has 1 aromatic heterocycles. The van der Waals surface area contributed by atoms with Crippen LogP contribution in [0.25, 0.3) is 0 Å². The molecule has 2 N–H and O–H groups in total. The predicted octanol–water partition coefficient (Wildman–Crippen LogP) is 3.33. The topological polar surface area (TPSA) is 93.2 Å². The average Bonchev–Trinajstić information content (AvgIpc) is 2.71. The van der Waals surface area contributed by atoms with Gasteiger partial charge in [0.15, 0.2) is 11.6 Å². The molecule has 0 fully saturated rings. The largest absolute Gasteiger partial charge is 0.465 e. The molecule has 3 aromatic rings. The molecular weight excluding hydrogens is 363 g/mol. The van der Waals surface area contributed by atoms with Crippen molar-refractivity contribution >= 4 is 29.2 Å². The number of esters is 1. The van der Waals surface area contributed by atoms with Gasteiger partial charge in [0.05, 0.1) is 19.1 Å². The Morgan fingerprint density at radius 2 is 1.75 bits per heavy atom. The Bertz CT molecular complexity index is 993. The Morgan fingerprint density at radius 1 is 1.00 bits per heavy atom. The maximum Gasteiger partial charge on any atom is 0.337 e. The van der Waals surface area contributed by atoms with Crippen LogP contribution < -0.4 is 10.6 Å². The number of anilines is 3. The van der Waals surface area contributed by atoms with E-state index in [0.717, 1.165) is 0 Å². The molecule has 0 aliphatic heterocycles. The van der Waals surface area contributed by atoms with Crippen molar-refractivity contribution in [2.45, 2.75) is 6.42 Å². The van der Waals surface area contributed by atoms with E-state index in [1.807, 2.05) is 0 Å². The van der Waals surface area contributed by atoms with Gasteiger partial charge < -0.3 is 15.4 Å². The van der Waals surface area contributed by atoms with Crippen LogP contribution in [0.3, 0.4) is 0 Å². The Hall–Kier alpha value is -3.81. The number of hydrogen-bond donors (Lipinski definition) is 2. The minimum Gasteiger partial charge on any atom is -0.465 e. The molecule has 0 saturated heterocycles. The lowest BCUT2D eigenvalue weighted by Crippen LogP contribution is -2.16. The van der Waals surface area contributed by atoms with Gasteiger partial charge in [-0.2, -0.15) is 0 Å². The number of aromatic nitrogens is 2. The fourth-order valence-electron chi connectivity index (χ4n) is 2.46. The average molecular weight is 380 g/mol. The molecule has 0 aliphatic carbocycles. The molecule has 0 spiro atoms. The van der Waals surface area contributed by atoms with Crippen LogP contribution in [0.2, 0.25) is 0 Å². The maximum atomic E-state index is 13.6. The molecule has 0 unspecified atom stereocenters. The smallest absolute Gasteiger partial charge is 0.337 e. The maximum absolute atomic E-state index is 13.6. The Morgan fingerprint density at radius 3 is 2.46 bits per heavy atom. The number of nitrogens with zero attached hydrogens (tertiary/aromatic N) is 2. The molecule has 0 bridgehead atoms. The first-order valence-corrected chi connectivity index (χ1v) is 8.37. The van der Waals surface area contributed by atoms with Crippen molar-refractivity contribution in [3.05, 3.63) is 77.6 Å². The summed E-state index contributed by atoms with van der Waals surface area (Å²) < 4.78 is 18.3. The summed E-state index contributed by atoms with van der Waals surface area (Å²) in [5.41, 5.74) is 1.34. The van der Waals surface area contributed by atoms with Gasteiger partial charge in [0.25, 0.3) is 0 Å². The van der Waals surface area contributed by atoms with Gasteiger partial charge >= 0.3 is 5.97 Å². The number of amides is 1. The first-order chi connectivity index (χ1) is 13.5. The standard InChI is InChI=1S/C20H17FN4O3/c1-28-20(27)14-6-4-7-15(11-14)22-17-9-10-18(25-24-17)23-19(26)12-13-5-2-3-8-16(13)21/h2-11H,12H2,1H3,(H,22,24)(H,23,25,26). The summed E-state index contributed by atoms with van der Waals surface area (Å²) in [5.74, 6) is -0.602. The number of carbonyl (C=O) groups excluding carboxylic acids is 2. The molecule has 8 heteroatoms. The fourth-order valence-corrected chi connectivity index (χ4v) is 2.46. The molecule has 1 amide bonds.